The van der Waals surface area contributed by atoms with Crippen molar-refractivity contribution in [1.82, 2.24) is 15.0 Å². The summed E-state index contributed by atoms with van der Waals surface area (Å²) in [6, 6.07) is 18.3. The van der Waals surface area contributed by atoms with E-state index in [0.29, 0.717) is 37.5 Å². The van der Waals surface area contributed by atoms with Crippen LogP contribution in [-0.4, -0.2) is 15.0 Å². The summed E-state index contributed by atoms with van der Waals surface area (Å²) in [4.78, 5) is 13.1. The first-order chi connectivity index (χ1) is 16.0. The fourth-order valence-corrected chi connectivity index (χ4v) is 2.96. The van der Waals surface area contributed by atoms with Crippen LogP contribution in [0.5, 0.6) is 0 Å². The van der Waals surface area contributed by atoms with E-state index in [1.54, 1.807) is 36.4 Å². The normalized spacial score (nSPS) is 10.6. The largest absolute Gasteiger partial charge is 0.350 e. The van der Waals surface area contributed by atoms with Gasteiger partial charge >= 0.3 is 0 Å². The van der Waals surface area contributed by atoms with Crippen molar-refractivity contribution in [2.24, 2.45) is 0 Å². The molecule has 0 aliphatic heterocycles. The number of aromatic nitrogens is 3. The number of rotatable bonds is 9. The zero-order valence-corrected chi connectivity index (χ0v) is 17.5. The smallest absolute Gasteiger partial charge is 0.229 e. The third-order valence-electron chi connectivity index (χ3n) is 4.73. The van der Waals surface area contributed by atoms with Gasteiger partial charge in [0.05, 0.1) is 0 Å². The van der Waals surface area contributed by atoms with Crippen molar-refractivity contribution < 1.29 is 13.2 Å². The van der Waals surface area contributed by atoms with Crippen LogP contribution in [0.1, 0.15) is 16.7 Å². The lowest BCUT2D eigenvalue weighted by molar-refractivity contribution is 0.626. The van der Waals surface area contributed by atoms with Crippen LogP contribution in [0.25, 0.3) is 0 Å². The SMILES string of the molecule is Fc1ccc(CNc2nc(NCc3ccc(F)cc3)nc(NCc3ccc(F)cc3)n2)cc1. The molecule has 1 aromatic heterocycles. The van der Waals surface area contributed by atoms with Crippen molar-refractivity contribution in [3.63, 3.8) is 0 Å². The standard InChI is InChI=1S/C24H21F3N6/c25-19-7-1-16(2-8-19)13-28-22-31-23(29-14-17-3-9-20(26)10-4-17)33-24(32-22)30-15-18-5-11-21(27)12-6-18/h1-12H,13-15H2,(H3,28,29,30,31,32,33). The second-order valence-electron chi connectivity index (χ2n) is 7.25. The summed E-state index contributed by atoms with van der Waals surface area (Å²) in [7, 11) is 0. The predicted octanol–water partition coefficient (Wildman–Crippen LogP) is 5.13. The summed E-state index contributed by atoms with van der Waals surface area (Å²) >= 11 is 0. The zero-order chi connectivity index (χ0) is 23.0. The molecule has 3 N–H and O–H groups in total. The summed E-state index contributed by atoms with van der Waals surface area (Å²) in [6.45, 7) is 1.16. The van der Waals surface area contributed by atoms with E-state index in [2.05, 4.69) is 30.9 Å². The van der Waals surface area contributed by atoms with Crippen LogP contribution in [0.3, 0.4) is 0 Å². The second kappa shape index (κ2) is 10.4. The van der Waals surface area contributed by atoms with Crippen LogP contribution in [0.4, 0.5) is 31.0 Å². The molecule has 3 aromatic carbocycles. The van der Waals surface area contributed by atoms with Gasteiger partial charge in [-0.05, 0) is 53.1 Å². The first-order valence-electron chi connectivity index (χ1n) is 10.2. The molecule has 1 heterocycles. The van der Waals surface area contributed by atoms with Gasteiger partial charge in [-0.2, -0.15) is 15.0 Å². The van der Waals surface area contributed by atoms with E-state index in [0.717, 1.165) is 16.7 Å². The number of anilines is 3. The molecule has 0 aliphatic carbocycles. The Hall–Kier alpha value is -4.14. The Balaban J connectivity index is 1.48. The molecule has 4 rings (SSSR count). The molecule has 0 fully saturated rings. The molecule has 0 aliphatic rings. The van der Waals surface area contributed by atoms with Crippen molar-refractivity contribution >= 4 is 17.8 Å². The number of hydrogen-bond donors (Lipinski definition) is 3. The van der Waals surface area contributed by atoms with Gasteiger partial charge in [-0.25, -0.2) is 13.2 Å². The predicted molar refractivity (Wildman–Crippen MR) is 121 cm³/mol. The van der Waals surface area contributed by atoms with Crippen LogP contribution in [-0.2, 0) is 19.6 Å². The molecule has 9 heteroatoms. The van der Waals surface area contributed by atoms with Gasteiger partial charge in [0.25, 0.3) is 0 Å². The van der Waals surface area contributed by atoms with E-state index in [4.69, 9.17) is 0 Å². The van der Waals surface area contributed by atoms with Gasteiger partial charge in [0.2, 0.25) is 17.8 Å². The van der Waals surface area contributed by atoms with Crippen molar-refractivity contribution in [3.8, 4) is 0 Å². The Kier molecular flexibility index (Phi) is 6.99. The molecule has 168 valence electrons. The van der Waals surface area contributed by atoms with Crippen LogP contribution in [0.2, 0.25) is 0 Å². The minimum atomic E-state index is -0.307. The highest BCUT2D eigenvalue weighted by Gasteiger charge is 2.08. The van der Waals surface area contributed by atoms with Crippen molar-refractivity contribution in [2.45, 2.75) is 19.6 Å². The number of halogens is 3. The Morgan fingerprint density at radius 3 is 0.909 bits per heavy atom. The second-order valence-corrected chi connectivity index (χ2v) is 7.25. The van der Waals surface area contributed by atoms with Crippen LogP contribution >= 0.6 is 0 Å². The van der Waals surface area contributed by atoms with Crippen molar-refractivity contribution in [2.75, 3.05) is 16.0 Å². The highest BCUT2D eigenvalue weighted by Crippen LogP contribution is 2.14. The van der Waals surface area contributed by atoms with Gasteiger partial charge in [0, 0.05) is 19.6 Å². The van der Waals surface area contributed by atoms with E-state index in [-0.39, 0.29) is 17.5 Å². The summed E-state index contributed by atoms with van der Waals surface area (Å²) < 4.78 is 39.4. The van der Waals surface area contributed by atoms with Crippen LogP contribution < -0.4 is 16.0 Å². The van der Waals surface area contributed by atoms with Gasteiger partial charge in [0.15, 0.2) is 0 Å². The van der Waals surface area contributed by atoms with Crippen molar-refractivity contribution in [1.29, 1.82) is 0 Å². The third kappa shape index (κ3) is 6.67. The average molecular weight is 450 g/mol. The number of benzene rings is 3. The molecule has 0 radical (unpaired) electrons. The number of hydrogen-bond acceptors (Lipinski definition) is 6. The monoisotopic (exact) mass is 450 g/mol. The van der Waals surface area contributed by atoms with E-state index < -0.39 is 0 Å². The van der Waals surface area contributed by atoms with Gasteiger partial charge in [0.1, 0.15) is 17.5 Å². The van der Waals surface area contributed by atoms with Crippen LogP contribution in [0, 0.1) is 17.5 Å². The molecule has 6 nitrogen and oxygen atoms in total. The van der Waals surface area contributed by atoms with Gasteiger partial charge in [-0.15, -0.1) is 0 Å². The summed E-state index contributed by atoms with van der Waals surface area (Å²) in [5.41, 5.74) is 2.58. The van der Waals surface area contributed by atoms with Gasteiger partial charge in [-0.3, -0.25) is 0 Å². The molecule has 33 heavy (non-hydrogen) atoms. The van der Waals surface area contributed by atoms with E-state index >= 15 is 0 Å². The van der Waals surface area contributed by atoms with E-state index in [1.165, 1.54) is 36.4 Å². The zero-order valence-electron chi connectivity index (χ0n) is 17.5. The molecule has 0 saturated carbocycles. The Morgan fingerprint density at radius 2 is 0.667 bits per heavy atom. The molecular weight excluding hydrogens is 429 g/mol. The maximum atomic E-state index is 13.1. The highest BCUT2D eigenvalue weighted by atomic mass is 19.1. The number of nitrogens with one attached hydrogen (secondary N) is 3. The maximum Gasteiger partial charge on any atom is 0.229 e. The highest BCUT2D eigenvalue weighted by molar-refractivity contribution is 5.43. The Labute approximate surface area is 189 Å². The fourth-order valence-electron chi connectivity index (χ4n) is 2.96. The fraction of sp³-hybridized carbons (Fsp3) is 0.125. The quantitative estimate of drug-likeness (QED) is 0.329. The molecule has 0 amide bonds. The van der Waals surface area contributed by atoms with E-state index in [9.17, 15) is 13.2 Å². The first-order valence-corrected chi connectivity index (χ1v) is 10.2. The minimum absolute atomic E-state index is 0.307. The Bertz CT molecular complexity index is 1020. The molecule has 0 unspecified atom stereocenters. The molecule has 0 saturated heterocycles. The first kappa shape index (κ1) is 22.1. The maximum absolute atomic E-state index is 13.1. The minimum Gasteiger partial charge on any atom is -0.350 e. The summed E-state index contributed by atoms with van der Waals surface area (Å²) in [6.07, 6.45) is 0. The molecule has 0 atom stereocenters. The Morgan fingerprint density at radius 1 is 0.424 bits per heavy atom. The molecule has 0 spiro atoms. The third-order valence-corrected chi connectivity index (χ3v) is 4.73. The van der Waals surface area contributed by atoms with E-state index in [1.807, 2.05) is 0 Å². The summed E-state index contributed by atoms with van der Waals surface area (Å²) in [5.74, 6) is 0.0306. The lowest BCUT2D eigenvalue weighted by Crippen LogP contribution is -2.12. The average Bonchev–Trinajstić information content (AvgIpc) is 2.83. The van der Waals surface area contributed by atoms with Crippen LogP contribution in [0.15, 0.2) is 72.8 Å². The topological polar surface area (TPSA) is 74.8 Å². The molecular formula is C24H21F3N6. The molecule has 0 bridgehead atoms. The van der Waals surface area contributed by atoms with Gasteiger partial charge < -0.3 is 16.0 Å². The number of nitrogens with zero attached hydrogens (tertiary/aromatic N) is 3. The molecule has 4 aromatic rings. The lowest BCUT2D eigenvalue weighted by atomic mass is 10.2. The summed E-state index contributed by atoms with van der Waals surface area (Å²) in [5, 5.41) is 9.33. The van der Waals surface area contributed by atoms with Crippen molar-refractivity contribution in [3.05, 3.63) is 107 Å². The van der Waals surface area contributed by atoms with Gasteiger partial charge in [-0.1, -0.05) is 36.4 Å². The lowest BCUT2D eigenvalue weighted by Gasteiger charge is -2.12.